The predicted molar refractivity (Wildman–Crippen MR) is 112 cm³/mol. The lowest BCUT2D eigenvalue weighted by Crippen LogP contribution is -2.14. The largest absolute Gasteiger partial charge is 0.496 e. The fraction of sp³-hybridized carbons (Fsp3) is 0.190. The van der Waals surface area contributed by atoms with Crippen molar-refractivity contribution in [1.82, 2.24) is 4.98 Å². The number of rotatable bonds is 7. The zero-order chi connectivity index (χ0) is 20.1. The molecular formula is C21H23N3O3S. The quantitative estimate of drug-likeness (QED) is 0.613. The van der Waals surface area contributed by atoms with Crippen LogP contribution in [0, 0.1) is 6.92 Å². The molecule has 146 valence electrons. The average Bonchev–Trinajstić information content (AvgIpc) is 2.69. The van der Waals surface area contributed by atoms with Gasteiger partial charge in [-0.15, -0.1) is 0 Å². The van der Waals surface area contributed by atoms with Gasteiger partial charge in [0.05, 0.1) is 23.9 Å². The Morgan fingerprint density at radius 1 is 1.07 bits per heavy atom. The number of ether oxygens (including phenoxy) is 1. The van der Waals surface area contributed by atoms with Gasteiger partial charge in [-0.1, -0.05) is 25.1 Å². The highest BCUT2D eigenvalue weighted by atomic mass is 32.2. The number of para-hydroxylation sites is 1. The van der Waals surface area contributed by atoms with Gasteiger partial charge in [-0.2, -0.15) is 0 Å². The molecule has 7 heteroatoms. The van der Waals surface area contributed by atoms with Gasteiger partial charge in [-0.05, 0) is 60.9 Å². The average molecular weight is 398 g/mol. The summed E-state index contributed by atoms with van der Waals surface area (Å²) in [6.45, 7) is 3.89. The van der Waals surface area contributed by atoms with Gasteiger partial charge in [0.25, 0.3) is 10.0 Å². The first kappa shape index (κ1) is 19.7. The van der Waals surface area contributed by atoms with E-state index in [4.69, 9.17) is 4.74 Å². The molecule has 3 rings (SSSR count). The summed E-state index contributed by atoms with van der Waals surface area (Å²) in [5.41, 5.74) is 3.73. The zero-order valence-corrected chi connectivity index (χ0v) is 16.9. The lowest BCUT2D eigenvalue weighted by atomic mass is 10.1. The molecule has 0 aliphatic rings. The molecule has 6 nitrogen and oxygen atoms in total. The van der Waals surface area contributed by atoms with Crippen molar-refractivity contribution in [3.8, 4) is 5.75 Å². The summed E-state index contributed by atoms with van der Waals surface area (Å²) in [6.07, 6.45) is 2.51. The zero-order valence-electron chi connectivity index (χ0n) is 16.1. The van der Waals surface area contributed by atoms with Gasteiger partial charge < -0.3 is 10.1 Å². The Morgan fingerprint density at radius 3 is 2.50 bits per heavy atom. The Kier molecular flexibility index (Phi) is 5.84. The van der Waals surface area contributed by atoms with Crippen molar-refractivity contribution in [2.24, 2.45) is 0 Å². The van der Waals surface area contributed by atoms with E-state index in [9.17, 15) is 8.42 Å². The molecule has 0 aliphatic heterocycles. The maximum atomic E-state index is 12.6. The second-order valence-corrected chi connectivity index (χ2v) is 7.99. The van der Waals surface area contributed by atoms with Crippen molar-refractivity contribution in [3.05, 3.63) is 71.9 Å². The van der Waals surface area contributed by atoms with E-state index in [1.54, 1.807) is 44.5 Å². The minimum Gasteiger partial charge on any atom is -0.496 e. The summed E-state index contributed by atoms with van der Waals surface area (Å²) in [6, 6.07) is 16.2. The van der Waals surface area contributed by atoms with E-state index in [0.29, 0.717) is 5.75 Å². The van der Waals surface area contributed by atoms with Crippen molar-refractivity contribution < 1.29 is 13.2 Å². The summed E-state index contributed by atoms with van der Waals surface area (Å²) in [4.78, 5) is 4.38. The first-order valence-corrected chi connectivity index (χ1v) is 10.4. The molecule has 0 aliphatic carbocycles. The van der Waals surface area contributed by atoms with Crippen LogP contribution in [0.3, 0.4) is 0 Å². The number of benzene rings is 2. The standard InChI is InChI=1S/C21H23N3O3S/c1-4-16-7-5-6-8-19(16)23-17-9-12-21(22-14-17)24-28(25,26)18-10-11-20(27-3)15(2)13-18/h5-14,23H,4H2,1-3H3,(H,22,24). The summed E-state index contributed by atoms with van der Waals surface area (Å²) in [5.74, 6) is 0.891. The number of nitrogens with one attached hydrogen (secondary N) is 2. The Balaban J connectivity index is 1.75. The molecule has 1 heterocycles. The van der Waals surface area contributed by atoms with E-state index in [0.717, 1.165) is 23.4 Å². The number of pyridine rings is 1. The number of aryl methyl sites for hydroxylation is 2. The van der Waals surface area contributed by atoms with Crippen LogP contribution in [-0.2, 0) is 16.4 Å². The molecule has 0 spiro atoms. The Labute approximate surface area is 165 Å². The second-order valence-electron chi connectivity index (χ2n) is 6.30. The third-order valence-electron chi connectivity index (χ3n) is 4.36. The van der Waals surface area contributed by atoms with Gasteiger partial charge in [0, 0.05) is 5.69 Å². The van der Waals surface area contributed by atoms with E-state index in [-0.39, 0.29) is 10.7 Å². The number of aromatic nitrogens is 1. The van der Waals surface area contributed by atoms with Crippen molar-refractivity contribution >= 4 is 27.2 Å². The van der Waals surface area contributed by atoms with Crippen LogP contribution in [0.25, 0.3) is 0 Å². The maximum absolute atomic E-state index is 12.6. The Bertz CT molecular complexity index is 1060. The highest BCUT2D eigenvalue weighted by Crippen LogP contribution is 2.24. The molecular weight excluding hydrogens is 374 g/mol. The van der Waals surface area contributed by atoms with Crippen LogP contribution >= 0.6 is 0 Å². The number of sulfonamides is 1. The van der Waals surface area contributed by atoms with Gasteiger partial charge >= 0.3 is 0 Å². The van der Waals surface area contributed by atoms with Gasteiger partial charge in [0.15, 0.2) is 0 Å². The smallest absolute Gasteiger partial charge is 0.263 e. The third kappa shape index (κ3) is 4.43. The molecule has 0 saturated heterocycles. The Hall–Kier alpha value is -3.06. The number of hydrogen-bond acceptors (Lipinski definition) is 5. The van der Waals surface area contributed by atoms with Crippen LogP contribution < -0.4 is 14.8 Å². The van der Waals surface area contributed by atoms with Gasteiger partial charge in [0.2, 0.25) is 0 Å². The SMILES string of the molecule is CCc1ccccc1Nc1ccc(NS(=O)(=O)c2ccc(OC)c(C)c2)nc1. The first-order chi connectivity index (χ1) is 13.4. The molecule has 0 amide bonds. The predicted octanol–water partition coefficient (Wildman–Crippen LogP) is 4.51. The van der Waals surface area contributed by atoms with Gasteiger partial charge in [-0.3, -0.25) is 4.72 Å². The van der Waals surface area contributed by atoms with E-state index < -0.39 is 10.0 Å². The van der Waals surface area contributed by atoms with Gasteiger partial charge in [0.1, 0.15) is 11.6 Å². The highest BCUT2D eigenvalue weighted by Gasteiger charge is 2.16. The number of nitrogens with zero attached hydrogens (tertiary/aromatic N) is 1. The summed E-state index contributed by atoms with van der Waals surface area (Å²) in [5, 5.41) is 3.31. The monoisotopic (exact) mass is 397 g/mol. The van der Waals surface area contributed by atoms with E-state index in [1.807, 2.05) is 18.2 Å². The summed E-state index contributed by atoms with van der Waals surface area (Å²) in [7, 11) is -2.18. The molecule has 1 aromatic heterocycles. The van der Waals surface area contributed by atoms with Crippen molar-refractivity contribution in [3.63, 3.8) is 0 Å². The van der Waals surface area contributed by atoms with Gasteiger partial charge in [-0.25, -0.2) is 13.4 Å². The van der Waals surface area contributed by atoms with Crippen molar-refractivity contribution in [2.45, 2.75) is 25.2 Å². The molecule has 3 aromatic rings. The minimum absolute atomic E-state index is 0.159. The van der Waals surface area contributed by atoms with Crippen molar-refractivity contribution in [2.75, 3.05) is 17.1 Å². The minimum atomic E-state index is -3.73. The molecule has 28 heavy (non-hydrogen) atoms. The molecule has 0 radical (unpaired) electrons. The van der Waals surface area contributed by atoms with Crippen LogP contribution in [0.1, 0.15) is 18.1 Å². The second kappa shape index (κ2) is 8.31. The van der Waals surface area contributed by atoms with Crippen LogP contribution in [0.4, 0.5) is 17.2 Å². The van der Waals surface area contributed by atoms with E-state index >= 15 is 0 Å². The lowest BCUT2D eigenvalue weighted by Gasteiger charge is -2.12. The number of hydrogen-bond donors (Lipinski definition) is 2. The highest BCUT2D eigenvalue weighted by molar-refractivity contribution is 7.92. The van der Waals surface area contributed by atoms with E-state index in [2.05, 4.69) is 28.0 Å². The van der Waals surface area contributed by atoms with Crippen LogP contribution in [0.15, 0.2) is 65.7 Å². The fourth-order valence-corrected chi connectivity index (χ4v) is 3.94. The molecule has 0 atom stereocenters. The number of anilines is 3. The summed E-state index contributed by atoms with van der Waals surface area (Å²) >= 11 is 0. The normalized spacial score (nSPS) is 11.1. The molecule has 0 saturated carbocycles. The molecule has 0 bridgehead atoms. The molecule has 0 unspecified atom stereocenters. The topological polar surface area (TPSA) is 80.3 Å². The first-order valence-electron chi connectivity index (χ1n) is 8.91. The molecule has 2 N–H and O–H groups in total. The lowest BCUT2D eigenvalue weighted by molar-refractivity contribution is 0.411. The molecule has 0 fully saturated rings. The number of methoxy groups -OCH3 is 1. The van der Waals surface area contributed by atoms with Crippen LogP contribution in [-0.4, -0.2) is 20.5 Å². The third-order valence-corrected chi connectivity index (χ3v) is 5.71. The molecule has 2 aromatic carbocycles. The maximum Gasteiger partial charge on any atom is 0.263 e. The fourth-order valence-electron chi connectivity index (χ4n) is 2.85. The Morgan fingerprint density at radius 2 is 1.86 bits per heavy atom. The van der Waals surface area contributed by atoms with Crippen LogP contribution in [0.2, 0.25) is 0 Å². The van der Waals surface area contributed by atoms with E-state index in [1.165, 1.54) is 11.6 Å². The van der Waals surface area contributed by atoms with Crippen LogP contribution in [0.5, 0.6) is 5.75 Å². The van der Waals surface area contributed by atoms with Crippen molar-refractivity contribution in [1.29, 1.82) is 0 Å². The summed E-state index contributed by atoms with van der Waals surface area (Å²) < 4.78 is 32.9.